The number of anilines is 1. The van der Waals surface area contributed by atoms with Gasteiger partial charge in [-0.25, -0.2) is 4.79 Å². The fourth-order valence-corrected chi connectivity index (χ4v) is 3.04. The molecular weight excluding hydrogens is 409 g/mol. The van der Waals surface area contributed by atoms with E-state index in [1.807, 2.05) is 25.1 Å². The summed E-state index contributed by atoms with van der Waals surface area (Å²) in [6.07, 6.45) is 0. The molecule has 0 saturated carbocycles. The number of aromatic carboxylic acids is 1. The summed E-state index contributed by atoms with van der Waals surface area (Å²) in [4.78, 5) is 11.0. The molecule has 0 spiro atoms. The summed E-state index contributed by atoms with van der Waals surface area (Å²) in [5.74, 6) is 0.494. The van der Waals surface area contributed by atoms with Gasteiger partial charge < -0.3 is 19.9 Å². The number of carboxylic acids is 1. The van der Waals surface area contributed by atoms with E-state index >= 15 is 0 Å². The molecular formula is C17H18INO4. The Hall–Kier alpha value is -1.96. The second-order valence-corrected chi connectivity index (χ2v) is 5.94. The van der Waals surface area contributed by atoms with Crippen molar-refractivity contribution >= 4 is 34.2 Å². The van der Waals surface area contributed by atoms with E-state index < -0.39 is 5.97 Å². The van der Waals surface area contributed by atoms with Gasteiger partial charge in [-0.05, 0) is 65.4 Å². The monoisotopic (exact) mass is 427 g/mol. The van der Waals surface area contributed by atoms with E-state index in [9.17, 15) is 4.79 Å². The van der Waals surface area contributed by atoms with Crippen molar-refractivity contribution in [2.24, 2.45) is 0 Å². The topological polar surface area (TPSA) is 67.8 Å². The van der Waals surface area contributed by atoms with Crippen LogP contribution in [-0.4, -0.2) is 24.8 Å². The van der Waals surface area contributed by atoms with E-state index in [-0.39, 0.29) is 5.56 Å². The highest BCUT2D eigenvalue weighted by molar-refractivity contribution is 14.1. The zero-order valence-electron chi connectivity index (χ0n) is 12.9. The van der Waals surface area contributed by atoms with E-state index in [1.165, 1.54) is 0 Å². The highest BCUT2D eigenvalue weighted by Crippen LogP contribution is 2.34. The van der Waals surface area contributed by atoms with Crippen LogP contribution in [0.25, 0.3) is 0 Å². The SMILES string of the molecule is CCOc1cc(CNc2cccc(C(=O)O)c2)cc(I)c1OC. The molecule has 0 aromatic heterocycles. The van der Waals surface area contributed by atoms with Gasteiger partial charge in [-0.1, -0.05) is 6.07 Å². The summed E-state index contributed by atoms with van der Waals surface area (Å²) in [6.45, 7) is 3.04. The molecule has 0 fully saturated rings. The van der Waals surface area contributed by atoms with Crippen LogP contribution in [0.1, 0.15) is 22.8 Å². The number of carbonyl (C=O) groups is 1. The van der Waals surface area contributed by atoms with Crippen LogP contribution in [0.2, 0.25) is 0 Å². The molecule has 122 valence electrons. The second-order valence-electron chi connectivity index (χ2n) is 4.78. The summed E-state index contributed by atoms with van der Waals surface area (Å²) >= 11 is 2.21. The number of hydrogen-bond acceptors (Lipinski definition) is 4. The largest absolute Gasteiger partial charge is 0.492 e. The third kappa shape index (κ3) is 4.51. The zero-order chi connectivity index (χ0) is 16.8. The fourth-order valence-electron chi connectivity index (χ4n) is 2.15. The van der Waals surface area contributed by atoms with Gasteiger partial charge in [0.2, 0.25) is 0 Å². The molecule has 2 N–H and O–H groups in total. The average Bonchev–Trinajstić information content (AvgIpc) is 2.53. The molecule has 6 heteroatoms. The first-order valence-electron chi connectivity index (χ1n) is 7.11. The maximum atomic E-state index is 11.0. The Balaban J connectivity index is 2.17. The first-order valence-corrected chi connectivity index (χ1v) is 8.19. The van der Waals surface area contributed by atoms with Crippen molar-refractivity contribution in [3.8, 4) is 11.5 Å². The highest BCUT2D eigenvalue weighted by atomic mass is 127. The van der Waals surface area contributed by atoms with Crippen LogP contribution in [0.3, 0.4) is 0 Å². The predicted molar refractivity (Wildman–Crippen MR) is 97.6 cm³/mol. The lowest BCUT2D eigenvalue weighted by Gasteiger charge is -2.14. The van der Waals surface area contributed by atoms with Crippen molar-refractivity contribution in [2.45, 2.75) is 13.5 Å². The van der Waals surface area contributed by atoms with Crippen LogP contribution in [0, 0.1) is 3.57 Å². The molecule has 23 heavy (non-hydrogen) atoms. The number of methoxy groups -OCH3 is 1. The number of nitrogens with one attached hydrogen (secondary N) is 1. The highest BCUT2D eigenvalue weighted by Gasteiger charge is 2.11. The van der Waals surface area contributed by atoms with Gasteiger partial charge in [-0.15, -0.1) is 0 Å². The molecule has 0 aliphatic rings. The molecule has 0 unspecified atom stereocenters. The van der Waals surface area contributed by atoms with Gasteiger partial charge in [0.05, 0.1) is 22.9 Å². The predicted octanol–water partition coefficient (Wildman–Crippen LogP) is 4.01. The second kappa shape index (κ2) is 8.05. The van der Waals surface area contributed by atoms with Gasteiger partial charge in [-0.3, -0.25) is 0 Å². The van der Waals surface area contributed by atoms with Crippen LogP contribution >= 0.6 is 22.6 Å². The molecule has 2 aromatic rings. The Morgan fingerprint density at radius 3 is 2.74 bits per heavy atom. The Kier molecular flexibility index (Phi) is 6.09. The van der Waals surface area contributed by atoms with Crippen LogP contribution < -0.4 is 14.8 Å². The van der Waals surface area contributed by atoms with Crippen molar-refractivity contribution in [3.05, 3.63) is 51.1 Å². The lowest BCUT2D eigenvalue weighted by Crippen LogP contribution is -2.04. The first kappa shape index (κ1) is 17.4. The van der Waals surface area contributed by atoms with E-state index in [0.29, 0.717) is 18.9 Å². The number of carboxylic acid groups (broad SMARTS) is 1. The van der Waals surface area contributed by atoms with Gasteiger partial charge >= 0.3 is 5.97 Å². The molecule has 5 nitrogen and oxygen atoms in total. The van der Waals surface area contributed by atoms with E-state index in [2.05, 4.69) is 27.9 Å². The minimum absolute atomic E-state index is 0.259. The number of rotatable bonds is 7. The Bertz CT molecular complexity index is 703. The minimum Gasteiger partial charge on any atom is -0.492 e. The Morgan fingerprint density at radius 2 is 2.09 bits per heavy atom. The summed E-state index contributed by atoms with van der Waals surface area (Å²) in [5, 5.41) is 12.3. The summed E-state index contributed by atoms with van der Waals surface area (Å²) in [7, 11) is 1.62. The van der Waals surface area contributed by atoms with Crippen LogP contribution in [-0.2, 0) is 6.54 Å². The molecule has 0 radical (unpaired) electrons. The summed E-state index contributed by atoms with van der Waals surface area (Å²) in [5.41, 5.74) is 2.04. The van der Waals surface area contributed by atoms with Gasteiger partial charge in [0.1, 0.15) is 0 Å². The van der Waals surface area contributed by atoms with Crippen LogP contribution in [0.5, 0.6) is 11.5 Å². The summed E-state index contributed by atoms with van der Waals surface area (Å²) in [6, 6.07) is 10.7. The zero-order valence-corrected chi connectivity index (χ0v) is 15.1. The van der Waals surface area contributed by atoms with Gasteiger partial charge in [0, 0.05) is 12.2 Å². The molecule has 0 saturated heterocycles. The molecule has 2 rings (SSSR count). The third-order valence-electron chi connectivity index (χ3n) is 3.18. The number of ether oxygens (including phenoxy) is 2. The third-order valence-corrected chi connectivity index (χ3v) is 3.98. The van der Waals surface area contributed by atoms with Gasteiger partial charge in [0.15, 0.2) is 11.5 Å². The fraction of sp³-hybridized carbons (Fsp3) is 0.235. The molecule has 0 bridgehead atoms. The smallest absolute Gasteiger partial charge is 0.335 e. The maximum absolute atomic E-state index is 11.0. The van der Waals surface area contributed by atoms with Crippen molar-refractivity contribution in [1.29, 1.82) is 0 Å². The average molecular weight is 427 g/mol. The summed E-state index contributed by atoms with van der Waals surface area (Å²) < 4.78 is 12.0. The van der Waals surface area contributed by atoms with Crippen molar-refractivity contribution in [2.75, 3.05) is 19.0 Å². The number of benzene rings is 2. The molecule has 0 aliphatic heterocycles. The maximum Gasteiger partial charge on any atom is 0.335 e. The Labute approximate surface area is 148 Å². The quantitative estimate of drug-likeness (QED) is 0.654. The van der Waals surface area contributed by atoms with Crippen molar-refractivity contribution < 1.29 is 19.4 Å². The van der Waals surface area contributed by atoms with E-state index in [0.717, 1.165) is 20.6 Å². The molecule has 0 atom stereocenters. The number of hydrogen-bond donors (Lipinski definition) is 2. The molecule has 0 amide bonds. The standard InChI is InChI=1S/C17H18INO4/c1-3-23-15-8-11(7-14(18)16(15)22-2)10-19-13-6-4-5-12(9-13)17(20)21/h4-9,19H,3,10H2,1-2H3,(H,20,21). The molecule has 0 aliphatic carbocycles. The van der Waals surface area contributed by atoms with Gasteiger partial charge in [0.25, 0.3) is 0 Å². The minimum atomic E-state index is -0.939. The molecule has 2 aromatic carbocycles. The van der Waals surface area contributed by atoms with Crippen LogP contribution in [0.15, 0.2) is 36.4 Å². The lowest BCUT2D eigenvalue weighted by molar-refractivity contribution is 0.0697. The Morgan fingerprint density at radius 1 is 1.30 bits per heavy atom. The van der Waals surface area contributed by atoms with Crippen molar-refractivity contribution in [1.82, 2.24) is 0 Å². The van der Waals surface area contributed by atoms with Crippen molar-refractivity contribution in [3.63, 3.8) is 0 Å². The molecule has 0 heterocycles. The van der Waals surface area contributed by atoms with Crippen LogP contribution in [0.4, 0.5) is 5.69 Å². The first-order chi connectivity index (χ1) is 11.0. The van der Waals surface area contributed by atoms with E-state index in [1.54, 1.807) is 25.3 Å². The number of halogens is 1. The normalized spacial score (nSPS) is 10.2. The lowest BCUT2D eigenvalue weighted by atomic mass is 10.1. The van der Waals surface area contributed by atoms with E-state index in [4.69, 9.17) is 14.6 Å². The van der Waals surface area contributed by atoms with Gasteiger partial charge in [-0.2, -0.15) is 0 Å².